The highest BCUT2D eigenvalue weighted by atomic mass is 32.2. The third-order valence-electron chi connectivity index (χ3n) is 0.878. The molecule has 0 N–H and O–H groups in total. The van der Waals surface area contributed by atoms with E-state index in [2.05, 4.69) is 42.0 Å². The average molecular weight is 176 g/mol. The fourth-order valence-corrected chi connectivity index (χ4v) is 0.592. The normalized spacial score (nSPS) is 12.3. The number of rotatable bonds is 4. The molecule has 0 aromatic heterocycles. The summed E-state index contributed by atoms with van der Waals surface area (Å²) in [5, 5.41) is 0. The second kappa shape index (κ2) is 4.79. The third-order valence-corrected chi connectivity index (χ3v) is 1.33. The summed E-state index contributed by atoms with van der Waals surface area (Å²) >= 11 is 8.40. The molecule has 2 nitrogen and oxygen atoms in total. The summed E-state index contributed by atoms with van der Waals surface area (Å²) in [5.74, 6) is 0. The van der Waals surface area contributed by atoms with E-state index >= 15 is 0 Å². The standard InChI is InChI=1S/C6H12N2S2/c1-6(9,10)3-4-8-5-7-2/h5,9-10H,2-4H2,1H3/b8-5-. The minimum Gasteiger partial charge on any atom is -0.273 e. The summed E-state index contributed by atoms with van der Waals surface area (Å²) in [5.41, 5.74) is 0. The van der Waals surface area contributed by atoms with Crippen molar-refractivity contribution in [3.8, 4) is 0 Å². The van der Waals surface area contributed by atoms with E-state index in [9.17, 15) is 0 Å². The van der Waals surface area contributed by atoms with Crippen LogP contribution >= 0.6 is 25.3 Å². The van der Waals surface area contributed by atoms with E-state index in [-0.39, 0.29) is 4.08 Å². The van der Waals surface area contributed by atoms with Crippen molar-refractivity contribution in [3.63, 3.8) is 0 Å². The second-order valence-electron chi connectivity index (χ2n) is 2.17. The molecule has 0 atom stereocenters. The van der Waals surface area contributed by atoms with Crippen LogP contribution in [0.25, 0.3) is 0 Å². The molecule has 0 aromatic rings. The number of nitrogens with zero attached hydrogens (tertiary/aromatic N) is 2. The molecule has 0 aliphatic carbocycles. The lowest BCUT2D eigenvalue weighted by molar-refractivity contribution is 0.791. The largest absolute Gasteiger partial charge is 0.273 e. The molecule has 0 bridgehead atoms. The fraction of sp³-hybridized carbons (Fsp3) is 0.667. The van der Waals surface area contributed by atoms with Crippen molar-refractivity contribution < 1.29 is 0 Å². The molecule has 0 saturated carbocycles. The first-order chi connectivity index (χ1) is 4.56. The molecule has 0 rings (SSSR count). The van der Waals surface area contributed by atoms with Gasteiger partial charge >= 0.3 is 0 Å². The van der Waals surface area contributed by atoms with E-state index < -0.39 is 0 Å². The van der Waals surface area contributed by atoms with E-state index in [4.69, 9.17) is 0 Å². The maximum absolute atomic E-state index is 4.20. The molecule has 0 fully saturated rings. The Morgan fingerprint density at radius 3 is 2.60 bits per heavy atom. The first-order valence-corrected chi connectivity index (χ1v) is 3.84. The summed E-state index contributed by atoms with van der Waals surface area (Å²) in [6.45, 7) is 5.88. The highest BCUT2D eigenvalue weighted by Gasteiger charge is 2.10. The van der Waals surface area contributed by atoms with Gasteiger partial charge in [0.2, 0.25) is 0 Å². The lowest BCUT2D eigenvalue weighted by Crippen LogP contribution is -2.07. The van der Waals surface area contributed by atoms with E-state index in [0.29, 0.717) is 6.54 Å². The summed E-state index contributed by atoms with van der Waals surface area (Å²) in [6.07, 6.45) is 2.26. The molecule has 58 valence electrons. The van der Waals surface area contributed by atoms with Crippen LogP contribution in [0, 0.1) is 0 Å². The van der Waals surface area contributed by atoms with Crippen molar-refractivity contribution in [1.82, 2.24) is 0 Å². The molecule has 0 saturated heterocycles. The van der Waals surface area contributed by atoms with Crippen molar-refractivity contribution in [3.05, 3.63) is 0 Å². The molecular formula is C6H12N2S2. The second-order valence-corrected chi connectivity index (χ2v) is 4.50. The van der Waals surface area contributed by atoms with Gasteiger partial charge in [0.05, 0.1) is 4.08 Å². The molecule has 0 radical (unpaired) electrons. The monoisotopic (exact) mass is 176 g/mol. The van der Waals surface area contributed by atoms with E-state index in [1.54, 1.807) is 0 Å². The Kier molecular flexibility index (Phi) is 4.81. The van der Waals surface area contributed by atoms with E-state index in [1.165, 1.54) is 6.34 Å². The minimum atomic E-state index is -0.238. The maximum Gasteiger partial charge on any atom is 0.109 e. The van der Waals surface area contributed by atoms with E-state index in [0.717, 1.165) is 6.42 Å². The van der Waals surface area contributed by atoms with Gasteiger partial charge in [-0.15, -0.1) is 0 Å². The van der Waals surface area contributed by atoms with Crippen molar-refractivity contribution >= 4 is 38.3 Å². The summed E-state index contributed by atoms with van der Waals surface area (Å²) in [7, 11) is 0. The first kappa shape index (κ1) is 10.0. The van der Waals surface area contributed by atoms with Gasteiger partial charge < -0.3 is 0 Å². The van der Waals surface area contributed by atoms with Gasteiger partial charge in [0.1, 0.15) is 6.34 Å². The molecule has 0 aromatic carbocycles. The summed E-state index contributed by atoms with van der Waals surface area (Å²) in [4.78, 5) is 7.39. The van der Waals surface area contributed by atoms with Crippen LogP contribution in [0.1, 0.15) is 13.3 Å². The Labute approximate surface area is 72.7 Å². The van der Waals surface area contributed by atoms with Crippen LogP contribution in [0.15, 0.2) is 9.98 Å². The Morgan fingerprint density at radius 2 is 2.20 bits per heavy atom. The molecule has 0 aliphatic heterocycles. The summed E-state index contributed by atoms with van der Waals surface area (Å²) < 4.78 is -0.238. The van der Waals surface area contributed by atoms with Crippen LogP contribution < -0.4 is 0 Å². The molecule has 0 spiro atoms. The zero-order valence-corrected chi connectivity index (χ0v) is 7.78. The predicted octanol–water partition coefficient (Wildman–Crippen LogP) is 1.68. The van der Waals surface area contributed by atoms with Crippen LogP contribution in [0.2, 0.25) is 0 Å². The fourth-order valence-electron chi connectivity index (χ4n) is 0.392. The first-order valence-electron chi connectivity index (χ1n) is 2.95. The molecule has 4 heteroatoms. The predicted molar refractivity (Wildman–Crippen MR) is 53.9 cm³/mol. The molecule has 0 amide bonds. The van der Waals surface area contributed by atoms with Crippen LogP contribution in [-0.2, 0) is 0 Å². The average Bonchev–Trinajstić information content (AvgIpc) is 1.78. The number of hydrogen-bond donors (Lipinski definition) is 2. The van der Waals surface area contributed by atoms with E-state index in [1.807, 2.05) is 6.92 Å². The topological polar surface area (TPSA) is 24.7 Å². The van der Waals surface area contributed by atoms with Crippen LogP contribution in [0.4, 0.5) is 0 Å². The number of aliphatic imine (C=N–C) groups is 2. The van der Waals surface area contributed by atoms with Gasteiger partial charge in [0.25, 0.3) is 0 Å². The van der Waals surface area contributed by atoms with Gasteiger partial charge in [0.15, 0.2) is 0 Å². The zero-order chi connectivity index (χ0) is 8.04. The Balaban J connectivity index is 3.37. The Bertz CT molecular complexity index is 126. The molecule has 10 heavy (non-hydrogen) atoms. The maximum atomic E-state index is 4.20. The van der Waals surface area contributed by atoms with Gasteiger partial charge in [-0.2, -0.15) is 25.3 Å². The molecule has 0 aliphatic rings. The van der Waals surface area contributed by atoms with Gasteiger partial charge in [-0.1, -0.05) is 0 Å². The minimum absolute atomic E-state index is 0.238. The van der Waals surface area contributed by atoms with Gasteiger partial charge in [-0.3, -0.25) is 9.98 Å². The third kappa shape index (κ3) is 8.04. The lowest BCUT2D eigenvalue weighted by Gasteiger charge is -2.13. The number of hydrogen-bond acceptors (Lipinski definition) is 3. The SMILES string of the molecule is C=N/C=N\CCC(C)(S)S. The van der Waals surface area contributed by atoms with Crippen LogP contribution in [-0.4, -0.2) is 23.7 Å². The van der Waals surface area contributed by atoms with Crippen molar-refractivity contribution in [2.24, 2.45) is 9.98 Å². The van der Waals surface area contributed by atoms with Crippen LogP contribution in [0.5, 0.6) is 0 Å². The lowest BCUT2D eigenvalue weighted by atomic mass is 10.3. The molecule has 0 unspecified atom stereocenters. The quantitative estimate of drug-likeness (QED) is 0.282. The molecule has 0 heterocycles. The van der Waals surface area contributed by atoms with Crippen molar-refractivity contribution in [1.29, 1.82) is 0 Å². The van der Waals surface area contributed by atoms with Crippen molar-refractivity contribution in [2.45, 2.75) is 17.4 Å². The van der Waals surface area contributed by atoms with Crippen molar-refractivity contribution in [2.75, 3.05) is 6.54 Å². The smallest absolute Gasteiger partial charge is 0.109 e. The Morgan fingerprint density at radius 1 is 1.60 bits per heavy atom. The van der Waals surface area contributed by atoms with Gasteiger partial charge in [0, 0.05) is 6.54 Å². The van der Waals surface area contributed by atoms with Gasteiger partial charge in [-0.05, 0) is 20.1 Å². The number of thiol groups is 2. The zero-order valence-electron chi connectivity index (χ0n) is 5.99. The highest BCUT2D eigenvalue weighted by Crippen LogP contribution is 2.22. The molecular weight excluding hydrogens is 164 g/mol. The van der Waals surface area contributed by atoms with Gasteiger partial charge in [-0.25, -0.2) is 0 Å². The van der Waals surface area contributed by atoms with Crippen LogP contribution in [0.3, 0.4) is 0 Å². The summed E-state index contributed by atoms with van der Waals surface area (Å²) in [6, 6.07) is 0. The highest BCUT2D eigenvalue weighted by molar-refractivity contribution is 8.00. The Hall–Kier alpha value is 0.0400.